The lowest BCUT2D eigenvalue weighted by Crippen LogP contribution is -2.40. The molecule has 6 nitrogen and oxygen atoms in total. The summed E-state index contributed by atoms with van der Waals surface area (Å²) >= 11 is 13.4. The minimum absolute atomic E-state index is 0.0794. The van der Waals surface area contributed by atoms with Crippen LogP contribution >= 0.6 is 34.5 Å². The first-order valence-electron chi connectivity index (χ1n) is 8.42. The van der Waals surface area contributed by atoms with Gasteiger partial charge in [-0.2, -0.15) is 0 Å². The minimum atomic E-state index is -1.16. The first-order valence-corrected chi connectivity index (χ1v) is 9.99. The SMILES string of the molecule is CC(C)(C)c1cc2c(=O)n(Cc3ccc(Cl)cc3Cl)c(=O)n(CC(=O)O)c2s1. The first kappa shape index (κ1) is 20.6. The normalized spacial score (nSPS) is 11.9. The van der Waals surface area contributed by atoms with Gasteiger partial charge in [0.05, 0.1) is 11.9 Å². The summed E-state index contributed by atoms with van der Waals surface area (Å²) in [6.07, 6.45) is 0. The fraction of sp³-hybridized carbons (Fsp3) is 0.316. The predicted octanol–water partition coefficient (Wildman–Crippen LogP) is 3.96. The standard InChI is InChI=1S/C19H18Cl2N2O4S/c1-19(2,3)14-7-12-16(26)22(8-10-4-5-11(20)6-13(10)21)18(27)23(9-15(24)25)17(12)28-14/h4-7H,8-9H2,1-3H3,(H,24,25). The van der Waals surface area contributed by atoms with E-state index in [4.69, 9.17) is 23.2 Å². The van der Waals surface area contributed by atoms with Gasteiger partial charge in [0.2, 0.25) is 0 Å². The molecule has 0 spiro atoms. The molecule has 0 radical (unpaired) electrons. The van der Waals surface area contributed by atoms with E-state index in [0.29, 0.717) is 25.8 Å². The van der Waals surface area contributed by atoms with Crippen molar-refractivity contribution in [2.45, 2.75) is 39.3 Å². The van der Waals surface area contributed by atoms with E-state index in [0.717, 1.165) is 14.0 Å². The van der Waals surface area contributed by atoms with Crippen LogP contribution in [0.1, 0.15) is 31.2 Å². The molecule has 2 aromatic heterocycles. The molecule has 2 heterocycles. The Balaban J connectivity index is 2.29. The number of hydrogen-bond donors (Lipinski definition) is 1. The number of rotatable bonds is 4. The summed E-state index contributed by atoms with van der Waals surface area (Å²) in [5.74, 6) is -1.16. The van der Waals surface area contributed by atoms with Crippen molar-refractivity contribution in [3.8, 4) is 0 Å². The Hall–Kier alpha value is -2.09. The van der Waals surface area contributed by atoms with E-state index in [9.17, 15) is 19.5 Å². The highest BCUT2D eigenvalue weighted by atomic mass is 35.5. The summed E-state index contributed by atoms with van der Waals surface area (Å²) in [6.45, 7) is 5.36. The number of carboxylic acids is 1. The summed E-state index contributed by atoms with van der Waals surface area (Å²) in [7, 11) is 0. The van der Waals surface area contributed by atoms with Gasteiger partial charge in [0.1, 0.15) is 11.4 Å². The van der Waals surface area contributed by atoms with Crippen molar-refractivity contribution in [2.75, 3.05) is 0 Å². The summed E-state index contributed by atoms with van der Waals surface area (Å²) in [5, 5.41) is 10.3. The summed E-state index contributed by atoms with van der Waals surface area (Å²) in [4.78, 5) is 38.6. The average molecular weight is 441 g/mol. The number of thiophene rings is 1. The molecule has 0 bridgehead atoms. The lowest BCUT2D eigenvalue weighted by atomic mass is 9.94. The Bertz CT molecular complexity index is 1200. The van der Waals surface area contributed by atoms with E-state index in [2.05, 4.69) is 0 Å². The van der Waals surface area contributed by atoms with Crippen LogP contribution in [0, 0.1) is 0 Å². The van der Waals surface area contributed by atoms with Gasteiger partial charge < -0.3 is 5.11 Å². The molecular formula is C19H18Cl2N2O4S. The Morgan fingerprint density at radius 2 is 1.82 bits per heavy atom. The van der Waals surface area contributed by atoms with E-state index in [-0.39, 0.29) is 12.0 Å². The molecule has 0 aliphatic rings. The van der Waals surface area contributed by atoms with E-state index in [1.165, 1.54) is 17.4 Å². The van der Waals surface area contributed by atoms with Crippen LogP contribution in [-0.2, 0) is 23.3 Å². The molecule has 0 fully saturated rings. The number of carboxylic acid groups (broad SMARTS) is 1. The molecule has 0 saturated carbocycles. The molecule has 148 valence electrons. The van der Waals surface area contributed by atoms with Gasteiger partial charge >= 0.3 is 11.7 Å². The number of nitrogens with zero attached hydrogens (tertiary/aromatic N) is 2. The van der Waals surface area contributed by atoms with E-state index >= 15 is 0 Å². The summed E-state index contributed by atoms with van der Waals surface area (Å²) < 4.78 is 2.14. The van der Waals surface area contributed by atoms with Crippen LogP contribution < -0.4 is 11.2 Å². The molecule has 0 unspecified atom stereocenters. The van der Waals surface area contributed by atoms with Gasteiger partial charge in [0.25, 0.3) is 5.56 Å². The third kappa shape index (κ3) is 3.87. The van der Waals surface area contributed by atoms with Crippen LogP contribution in [0.15, 0.2) is 33.9 Å². The number of aliphatic carboxylic acids is 1. The number of fused-ring (bicyclic) bond motifs is 1. The number of hydrogen-bond acceptors (Lipinski definition) is 4. The van der Waals surface area contributed by atoms with Gasteiger partial charge in [-0.05, 0) is 29.2 Å². The third-order valence-electron chi connectivity index (χ3n) is 4.27. The highest BCUT2D eigenvalue weighted by Gasteiger charge is 2.23. The molecule has 0 aliphatic carbocycles. The molecule has 28 heavy (non-hydrogen) atoms. The highest BCUT2D eigenvalue weighted by molar-refractivity contribution is 7.18. The second-order valence-corrected chi connectivity index (χ2v) is 9.34. The van der Waals surface area contributed by atoms with E-state index in [1.807, 2.05) is 20.8 Å². The quantitative estimate of drug-likeness (QED) is 0.665. The summed E-state index contributed by atoms with van der Waals surface area (Å²) in [5.41, 5.74) is -0.865. The monoisotopic (exact) mass is 440 g/mol. The van der Waals surface area contributed by atoms with Crippen LogP contribution in [0.4, 0.5) is 0 Å². The van der Waals surface area contributed by atoms with Crippen LogP contribution in [0.5, 0.6) is 0 Å². The number of carbonyl (C=O) groups is 1. The Labute approximate surface area is 174 Å². The van der Waals surface area contributed by atoms with Crippen LogP contribution in [0.2, 0.25) is 10.0 Å². The lowest BCUT2D eigenvalue weighted by molar-refractivity contribution is -0.137. The summed E-state index contributed by atoms with van der Waals surface area (Å²) in [6, 6.07) is 6.51. The minimum Gasteiger partial charge on any atom is -0.480 e. The fourth-order valence-corrected chi connectivity index (χ4v) is 4.47. The maximum Gasteiger partial charge on any atom is 0.332 e. The maximum absolute atomic E-state index is 13.0. The molecule has 1 aromatic carbocycles. The molecule has 0 atom stereocenters. The second-order valence-electron chi connectivity index (χ2n) is 7.47. The third-order valence-corrected chi connectivity index (χ3v) is 6.44. The second kappa shape index (κ2) is 7.39. The Morgan fingerprint density at radius 1 is 1.14 bits per heavy atom. The molecular weight excluding hydrogens is 423 g/mol. The number of benzene rings is 1. The first-order chi connectivity index (χ1) is 13.0. The predicted molar refractivity (Wildman–Crippen MR) is 112 cm³/mol. The smallest absolute Gasteiger partial charge is 0.332 e. The van der Waals surface area contributed by atoms with Crippen molar-refractivity contribution in [3.05, 3.63) is 65.6 Å². The van der Waals surface area contributed by atoms with Crippen LogP contribution in [-0.4, -0.2) is 20.2 Å². The zero-order chi connectivity index (χ0) is 20.8. The highest BCUT2D eigenvalue weighted by Crippen LogP contribution is 2.32. The average Bonchev–Trinajstić information content (AvgIpc) is 3.03. The largest absolute Gasteiger partial charge is 0.480 e. The Kier molecular flexibility index (Phi) is 5.44. The Morgan fingerprint density at radius 3 is 2.39 bits per heavy atom. The van der Waals surface area contributed by atoms with E-state index < -0.39 is 23.8 Å². The van der Waals surface area contributed by atoms with Crippen molar-refractivity contribution in [3.63, 3.8) is 0 Å². The molecule has 1 N–H and O–H groups in total. The van der Waals surface area contributed by atoms with Gasteiger partial charge in [0.15, 0.2) is 0 Å². The molecule has 9 heteroatoms. The van der Waals surface area contributed by atoms with Crippen molar-refractivity contribution >= 4 is 50.7 Å². The van der Waals surface area contributed by atoms with Crippen LogP contribution in [0.3, 0.4) is 0 Å². The molecule has 0 saturated heterocycles. The van der Waals surface area contributed by atoms with Crippen molar-refractivity contribution in [1.82, 2.24) is 9.13 Å². The molecule has 3 rings (SSSR count). The van der Waals surface area contributed by atoms with Crippen LogP contribution in [0.25, 0.3) is 10.2 Å². The van der Waals surface area contributed by atoms with Gasteiger partial charge in [-0.25, -0.2) is 4.79 Å². The van der Waals surface area contributed by atoms with Crippen molar-refractivity contribution < 1.29 is 9.90 Å². The van der Waals surface area contributed by atoms with Gasteiger partial charge in [0, 0.05) is 14.9 Å². The lowest BCUT2D eigenvalue weighted by Gasteiger charge is -2.14. The van der Waals surface area contributed by atoms with Crippen molar-refractivity contribution in [1.29, 1.82) is 0 Å². The van der Waals surface area contributed by atoms with E-state index in [1.54, 1.807) is 18.2 Å². The fourth-order valence-electron chi connectivity index (χ4n) is 2.80. The van der Waals surface area contributed by atoms with Gasteiger partial charge in [-0.1, -0.05) is 50.0 Å². The molecule has 3 aromatic rings. The number of aromatic nitrogens is 2. The molecule has 0 aliphatic heterocycles. The van der Waals surface area contributed by atoms with Gasteiger partial charge in [-0.15, -0.1) is 11.3 Å². The van der Waals surface area contributed by atoms with Gasteiger partial charge in [-0.3, -0.25) is 18.7 Å². The van der Waals surface area contributed by atoms with Crippen molar-refractivity contribution in [2.24, 2.45) is 0 Å². The zero-order valence-electron chi connectivity index (χ0n) is 15.5. The molecule has 0 amide bonds. The number of halogens is 2. The topological polar surface area (TPSA) is 81.3 Å². The zero-order valence-corrected chi connectivity index (χ0v) is 17.8. The maximum atomic E-state index is 13.0.